The fourth-order valence-corrected chi connectivity index (χ4v) is 1.73. The van der Waals surface area contributed by atoms with Crippen LogP contribution in [0.25, 0.3) is 5.69 Å². The summed E-state index contributed by atoms with van der Waals surface area (Å²) in [7, 11) is 1.57. The molecule has 0 bridgehead atoms. The van der Waals surface area contributed by atoms with Crippen molar-refractivity contribution in [3.8, 4) is 17.2 Å². The van der Waals surface area contributed by atoms with Crippen molar-refractivity contribution < 1.29 is 9.84 Å². The van der Waals surface area contributed by atoms with Gasteiger partial charge in [-0.2, -0.15) is 22.4 Å². The summed E-state index contributed by atoms with van der Waals surface area (Å²) in [5.74, 6) is 0.808. The van der Waals surface area contributed by atoms with Crippen LogP contribution in [-0.4, -0.2) is 22.0 Å². The molecule has 0 atom stereocenters. The van der Waals surface area contributed by atoms with Crippen molar-refractivity contribution in [3.63, 3.8) is 0 Å². The first-order valence-corrected chi connectivity index (χ1v) is 5.86. The van der Waals surface area contributed by atoms with E-state index >= 15 is 0 Å². The number of methoxy groups -OCH3 is 1. The summed E-state index contributed by atoms with van der Waals surface area (Å²) in [6.45, 7) is 0. The van der Waals surface area contributed by atoms with Crippen molar-refractivity contribution in [2.45, 2.75) is 5.75 Å². The maximum atomic E-state index is 11.7. The highest BCUT2D eigenvalue weighted by atomic mass is 32.1. The summed E-state index contributed by atoms with van der Waals surface area (Å²) in [4.78, 5) is 11.7. The fourth-order valence-electron chi connectivity index (χ4n) is 1.50. The minimum Gasteiger partial charge on any atom is -0.506 e. The maximum absolute atomic E-state index is 11.7. The van der Waals surface area contributed by atoms with Gasteiger partial charge in [0.15, 0.2) is 0 Å². The van der Waals surface area contributed by atoms with Gasteiger partial charge in [0.2, 0.25) is 0 Å². The smallest absolute Gasteiger partial charge is 0.275 e. The fraction of sp³-hybridized carbons (Fsp3) is 0.167. The summed E-state index contributed by atoms with van der Waals surface area (Å²) in [6.07, 6.45) is 0. The van der Waals surface area contributed by atoms with E-state index in [1.54, 1.807) is 31.4 Å². The van der Waals surface area contributed by atoms with Crippen molar-refractivity contribution in [3.05, 3.63) is 46.4 Å². The molecule has 94 valence electrons. The van der Waals surface area contributed by atoms with Crippen molar-refractivity contribution in [2.24, 2.45) is 0 Å². The number of benzene rings is 1. The zero-order valence-corrected chi connectivity index (χ0v) is 10.6. The standard InChI is InChI=1S/C12H12N2O3S/c1-17-9-4-2-8(3-5-9)14-12(16)6-11(15)10(7-18)13-14/h2-6,15,18H,7H2,1H3. The Hall–Kier alpha value is -1.95. The van der Waals surface area contributed by atoms with Crippen LogP contribution < -0.4 is 10.3 Å². The summed E-state index contributed by atoms with van der Waals surface area (Å²) < 4.78 is 6.25. The van der Waals surface area contributed by atoms with E-state index in [1.807, 2.05) is 0 Å². The van der Waals surface area contributed by atoms with Gasteiger partial charge in [-0.1, -0.05) is 0 Å². The molecular weight excluding hydrogens is 252 g/mol. The molecule has 1 aromatic carbocycles. The second kappa shape index (κ2) is 5.14. The molecule has 18 heavy (non-hydrogen) atoms. The normalized spacial score (nSPS) is 10.3. The molecule has 1 N–H and O–H groups in total. The number of ether oxygens (including phenoxy) is 1. The Bertz CT molecular complexity index is 608. The van der Waals surface area contributed by atoms with E-state index in [-0.39, 0.29) is 11.5 Å². The third-order valence-electron chi connectivity index (χ3n) is 2.45. The van der Waals surface area contributed by atoms with Gasteiger partial charge >= 0.3 is 0 Å². The summed E-state index contributed by atoms with van der Waals surface area (Å²) in [5, 5.41) is 13.6. The van der Waals surface area contributed by atoms with E-state index < -0.39 is 5.56 Å². The van der Waals surface area contributed by atoms with Gasteiger partial charge in [-0.3, -0.25) is 4.79 Å². The summed E-state index contributed by atoms with van der Waals surface area (Å²) >= 11 is 4.05. The van der Waals surface area contributed by atoms with Crippen LogP contribution in [0.15, 0.2) is 35.1 Å². The first kappa shape index (κ1) is 12.5. The van der Waals surface area contributed by atoms with Crippen LogP contribution in [0, 0.1) is 0 Å². The van der Waals surface area contributed by atoms with Gasteiger partial charge in [-0.25, -0.2) is 0 Å². The number of aromatic nitrogens is 2. The van der Waals surface area contributed by atoms with E-state index in [1.165, 1.54) is 4.68 Å². The largest absolute Gasteiger partial charge is 0.506 e. The lowest BCUT2D eigenvalue weighted by Gasteiger charge is -2.08. The molecule has 0 aliphatic carbocycles. The Morgan fingerprint density at radius 3 is 2.61 bits per heavy atom. The van der Waals surface area contributed by atoms with E-state index in [9.17, 15) is 9.90 Å². The van der Waals surface area contributed by atoms with Crippen LogP contribution in [0.1, 0.15) is 5.69 Å². The molecule has 0 spiro atoms. The molecular formula is C12H12N2O3S. The SMILES string of the molecule is COc1ccc(-n2nc(CS)c(O)cc2=O)cc1. The quantitative estimate of drug-likeness (QED) is 0.822. The molecule has 0 amide bonds. The van der Waals surface area contributed by atoms with Crippen LogP contribution in [0.5, 0.6) is 11.5 Å². The van der Waals surface area contributed by atoms with Crippen LogP contribution in [-0.2, 0) is 5.75 Å². The Morgan fingerprint density at radius 1 is 1.39 bits per heavy atom. The molecule has 0 saturated carbocycles. The molecule has 6 heteroatoms. The molecule has 0 saturated heterocycles. The highest BCUT2D eigenvalue weighted by molar-refractivity contribution is 7.79. The average Bonchev–Trinajstić information content (AvgIpc) is 2.39. The van der Waals surface area contributed by atoms with Crippen molar-refractivity contribution >= 4 is 12.6 Å². The predicted molar refractivity (Wildman–Crippen MR) is 70.7 cm³/mol. The van der Waals surface area contributed by atoms with E-state index in [0.717, 1.165) is 6.07 Å². The number of thiol groups is 1. The molecule has 0 aliphatic heterocycles. The van der Waals surface area contributed by atoms with Crippen molar-refractivity contribution in [1.29, 1.82) is 0 Å². The average molecular weight is 264 g/mol. The number of hydrogen-bond acceptors (Lipinski definition) is 5. The lowest BCUT2D eigenvalue weighted by Crippen LogP contribution is -2.21. The van der Waals surface area contributed by atoms with E-state index in [0.29, 0.717) is 17.1 Å². The van der Waals surface area contributed by atoms with Gasteiger partial charge in [0.05, 0.1) is 12.8 Å². The number of nitrogens with zero attached hydrogens (tertiary/aromatic N) is 2. The molecule has 1 heterocycles. The molecule has 0 fully saturated rings. The second-order valence-corrected chi connectivity index (χ2v) is 3.90. The summed E-state index contributed by atoms with van der Waals surface area (Å²) in [5.41, 5.74) is 0.556. The lowest BCUT2D eigenvalue weighted by molar-refractivity contribution is 0.414. The minimum atomic E-state index is -0.400. The maximum Gasteiger partial charge on any atom is 0.275 e. The zero-order chi connectivity index (χ0) is 13.1. The van der Waals surface area contributed by atoms with Crippen molar-refractivity contribution in [2.75, 3.05) is 7.11 Å². The number of rotatable bonds is 3. The third-order valence-corrected chi connectivity index (χ3v) is 2.75. The molecule has 2 aromatic rings. The Balaban J connectivity index is 2.52. The Labute approximate surface area is 109 Å². The van der Waals surface area contributed by atoms with Crippen molar-refractivity contribution in [1.82, 2.24) is 9.78 Å². The van der Waals surface area contributed by atoms with Crippen LogP contribution in [0.4, 0.5) is 0 Å². The van der Waals surface area contributed by atoms with Crippen LogP contribution in [0.3, 0.4) is 0 Å². The van der Waals surface area contributed by atoms with Crippen LogP contribution >= 0.6 is 12.6 Å². The van der Waals surface area contributed by atoms with Gasteiger partial charge in [-0.05, 0) is 24.3 Å². The molecule has 5 nitrogen and oxygen atoms in total. The van der Waals surface area contributed by atoms with Gasteiger partial charge in [-0.15, -0.1) is 0 Å². The number of hydrogen-bond donors (Lipinski definition) is 2. The van der Waals surface area contributed by atoms with Gasteiger partial charge in [0, 0.05) is 11.8 Å². The molecule has 1 aromatic heterocycles. The van der Waals surface area contributed by atoms with Crippen LogP contribution in [0.2, 0.25) is 0 Å². The monoisotopic (exact) mass is 264 g/mol. The lowest BCUT2D eigenvalue weighted by atomic mass is 10.3. The highest BCUT2D eigenvalue weighted by Crippen LogP contribution is 2.16. The Kier molecular flexibility index (Phi) is 3.57. The summed E-state index contributed by atoms with van der Waals surface area (Å²) in [6, 6.07) is 8.02. The zero-order valence-electron chi connectivity index (χ0n) is 9.70. The molecule has 0 unspecified atom stereocenters. The second-order valence-electron chi connectivity index (χ2n) is 3.58. The molecule has 0 aliphatic rings. The van der Waals surface area contributed by atoms with Gasteiger partial charge < -0.3 is 9.84 Å². The predicted octanol–water partition coefficient (Wildman–Crippen LogP) is 1.38. The third kappa shape index (κ3) is 2.33. The first-order chi connectivity index (χ1) is 8.65. The van der Waals surface area contributed by atoms with E-state index in [2.05, 4.69) is 17.7 Å². The molecule has 2 rings (SSSR count). The minimum absolute atomic E-state index is 0.139. The first-order valence-electron chi connectivity index (χ1n) is 5.23. The van der Waals surface area contributed by atoms with E-state index in [4.69, 9.17) is 4.74 Å². The van der Waals surface area contributed by atoms with Gasteiger partial charge in [0.25, 0.3) is 5.56 Å². The van der Waals surface area contributed by atoms with Gasteiger partial charge in [0.1, 0.15) is 17.2 Å². The topological polar surface area (TPSA) is 64.3 Å². The molecule has 0 radical (unpaired) electrons. The Morgan fingerprint density at radius 2 is 2.06 bits per heavy atom. The highest BCUT2D eigenvalue weighted by Gasteiger charge is 2.08. The number of aromatic hydroxyl groups is 1.